The van der Waals surface area contributed by atoms with Crippen LogP contribution < -0.4 is 9.04 Å². The lowest BCUT2D eigenvalue weighted by molar-refractivity contribution is -0.123. The molecule has 0 spiro atoms. The van der Waals surface area contributed by atoms with Gasteiger partial charge in [-0.2, -0.15) is 4.31 Å². The summed E-state index contributed by atoms with van der Waals surface area (Å²) < 4.78 is 34.1. The number of carbonyl (C=O) groups excluding carboxylic acids is 1. The summed E-state index contributed by atoms with van der Waals surface area (Å²) in [5.74, 6) is -0.216. The molecule has 0 N–H and O–H groups in total. The monoisotopic (exact) mass is 487 g/mol. The van der Waals surface area contributed by atoms with Gasteiger partial charge in [-0.25, -0.2) is 8.42 Å². The van der Waals surface area contributed by atoms with E-state index >= 15 is 0 Å². The van der Waals surface area contributed by atoms with Crippen LogP contribution in [0.15, 0.2) is 88.2 Å². The minimum atomic E-state index is -4.12. The number of nitrogens with zero attached hydrogens (tertiary/aromatic N) is 1. The fourth-order valence-corrected chi connectivity index (χ4v) is 4.78. The van der Waals surface area contributed by atoms with Crippen LogP contribution in [-0.4, -0.2) is 20.4 Å². The molecule has 0 bridgehead atoms. The Morgan fingerprint density at radius 3 is 2.27 bits per heavy atom. The van der Waals surface area contributed by atoms with Crippen LogP contribution in [0.4, 0.5) is 5.69 Å². The standard InChI is InChI=1S/C23H22BrNO4S/c1-3-18-12-14-20(15-13-18)25(30(27,28)22-10-5-4-6-11-22)23(26)17(2)29-21-9-7-8-19(24)16-21/h4-17H,3H2,1-2H3. The second kappa shape index (κ2) is 9.45. The topological polar surface area (TPSA) is 63.7 Å². The van der Waals surface area contributed by atoms with E-state index in [1.807, 2.05) is 25.1 Å². The maximum Gasteiger partial charge on any atom is 0.281 e. The summed E-state index contributed by atoms with van der Waals surface area (Å²) in [6, 6.07) is 21.9. The number of benzene rings is 3. The number of halogens is 1. The average Bonchev–Trinajstić information content (AvgIpc) is 2.75. The van der Waals surface area contributed by atoms with Gasteiger partial charge in [0.2, 0.25) is 0 Å². The highest BCUT2D eigenvalue weighted by Crippen LogP contribution is 2.27. The van der Waals surface area contributed by atoms with Crippen molar-refractivity contribution in [1.29, 1.82) is 0 Å². The molecule has 0 saturated carbocycles. The van der Waals surface area contributed by atoms with Crippen molar-refractivity contribution in [3.8, 4) is 5.75 Å². The first-order chi connectivity index (χ1) is 14.3. The van der Waals surface area contributed by atoms with E-state index in [2.05, 4.69) is 15.9 Å². The molecule has 3 rings (SSSR count). The summed E-state index contributed by atoms with van der Waals surface area (Å²) in [4.78, 5) is 13.4. The first-order valence-electron chi connectivity index (χ1n) is 9.48. The van der Waals surface area contributed by atoms with Crippen molar-refractivity contribution < 1.29 is 17.9 Å². The molecule has 3 aromatic rings. The zero-order valence-electron chi connectivity index (χ0n) is 16.7. The van der Waals surface area contributed by atoms with Gasteiger partial charge < -0.3 is 4.74 Å². The minimum absolute atomic E-state index is 0.0348. The molecule has 3 aromatic carbocycles. The number of anilines is 1. The Morgan fingerprint density at radius 2 is 1.67 bits per heavy atom. The molecule has 0 fully saturated rings. The SMILES string of the molecule is CCc1ccc(N(C(=O)C(C)Oc2cccc(Br)c2)S(=O)(=O)c2ccccc2)cc1. The minimum Gasteiger partial charge on any atom is -0.481 e. The van der Waals surface area contributed by atoms with E-state index in [0.717, 1.165) is 20.8 Å². The molecule has 30 heavy (non-hydrogen) atoms. The molecule has 5 nitrogen and oxygen atoms in total. The van der Waals surface area contributed by atoms with Crippen molar-refractivity contribution in [2.75, 3.05) is 4.31 Å². The average molecular weight is 488 g/mol. The van der Waals surface area contributed by atoms with Crippen LogP contribution in [0.1, 0.15) is 19.4 Å². The number of carbonyl (C=O) groups is 1. The molecule has 0 aliphatic heterocycles. The Kier molecular flexibility index (Phi) is 6.95. The Hall–Kier alpha value is -2.64. The van der Waals surface area contributed by atoms with Gasteiger partial charge >= 0.3 is 0 Å². The Labute approximate surface area is 185 Å². The smallest absolute Gasteiger partial charge is 0.281 e. The number of hydrogen-bond acceptors (Lipinski definition) is 4. The third-order valence-electron chi connectivity index (χ3n) is 4.52. The van der Waals surface area contributed by atoms with Crippen LogP contribution in [0.25, 0.3) is 0 Å². The highest BCUT2D eigenvalue weighted by Gasteiger charge is 2.34. The maximum atomic E-state index is 13.4. The first-order valence-corrected chi connectivity index (χ1v) is 11.7. The summed E-state index contributed by atoms with van der Waals surface area (Å²) >= 11 is 3.36. The molecule has 1 unspecified atom stereocenters. The van der Waals surface area contributed by atoms with Gasteiger partial charge in [0.1, 0.15) is 5.75 Å². The number of ether oxygens (including phenoxy) is 1. The van der Waals surface area contributed by atoms with Crippen molar-refractivity contribution >= 4 is 37.5 Å². The zero-order valence-corrected chi connectivity index (χ0v) is 19.1. The molecule has 1 amide bonds. The molecule has 156 valence electrons. The van der Waals surface area contributed by atoms with Gasteiger partial charge in [0.05, 0.1) is 10.6 Å². The Bertz CT molecular complexity index is 1120. The van der Waals surface area contributed by atoms with E-state index in [-0.39, 0.29) is 10.6 Å². The number of amides is 1. The van der Waals surface area contributed by atoms with E-state index in [1.165, 1.54) is 19.1 Å². The van der Waals surface area contributed by atoms with Gasteiger partial charge in [-0.1, -0.05) is 59.3 Å². The third kappa shape index (κ3) is 4.91. The van der Waals surface area contributed by atoms with Gasteiger partial charge in [0.15, 0.2) is 6.10 Å². The molecule has 0 saturated heterocycles. The van der Waals surface area contributed by atoms with E-state index in [1.54, 1.807) is 48.5 Å². The fourth-order valence-electron chi connectivity index (χ4n) is 2.91. The largest absolute Gasteiger partial charge is 0.481 e. The van der Waals surface area contributed by atoms with Crippen molar-refractivity contribution in [1.82, 2.24) is 0 Å². The molecular formula is C23H22BrNO4S. The van der Waals surface area contributed by atoms with Gasteiger partial charge in [-0.05, 0) is 61.4 Å². The van der Waals surface area contributed by atoms with E-state index in [4.69, 9.17) is 4.74 Å². The number of aryl methyl sites for hydroxylation is 1. The molecule has 0 aliphatic rings. The summed E-state index contributed by atoms with van der Waals surface area (Å²) in [6.45, 7) is 3.55. The zero-order chi connectivity index (χ0) is 21.7. The fraction of sp³-hybridized carbons (Fsp3) is 0.174. The summed E-state index contributed by atoms with van der Waals surface area (Å²) in [7, 11) is -4.12. The van der Waals surface area contributed by atoms with Crippen LogP contribution in [-0.2, 0) is 21.2 Å². The summed E-state index contributed by atoms with van der Waals surface area (Å²) in [5.41, 5.74) is 1.31. The quantitative estimate of drug-likeness (QED) is 0.459. The summed E-state index contributed by atoms with van der Waals surface area (Å²) in [5, 5.41) is 0. The van der Waals surface area contributed by atoms with Crippen molar-refractivity contribution in [3.63, 3.8) is 0 Å². The van der Waals surface area contributed by atoms with Crippen LogP contribution >= 0.6 is 15.9 Å². The van der Waals surface area contributed by atoms with Crippen molar-refractivity contribution in [3.05, 3.63) is 88.9 Å². The number of sulfonamides is 1. The van der Waals surface area contributed by atoms with Crippen molar-refractivity contribution in [2.45, 2.75) is 31.3 Å². The van der Waals surface area contributed by atoms with Crippen LogP contribution in [0.2, 0.25) is 0 Å². The predicted octanol–water partition coefficient (Wildman–Crippen LogP) is 5.20. The highest BCUT2D eigenvalue weighted by molar-refractivity contribution is 9.10. The van der Waals surface area contributed by atoms with Gasteiger partial charge in [0, 0.05) is 4.47 Å². The lowest BCUT2D eigenvalue weighted by atomic mass is 10.1. The molecule has 7 heteroatoms. The van der Waals surface area contributed by atoms with Gasteiger partial charge in [0.25, 0.3) is 15.9 Å². The third-order valence-corrected chi connectivity index (χ3v) is 6.75. The Balaban J connectivity index is 2.00. The van der Waals surface area contributed by atoms with Gasteiger partial charge in [-0.15, -0.1) is 0 Å². The van der Waals surface area contributed by atoms with Crippen molar-refractivity contribution in [2.24, 2.45) is 0 Å². The Morgan fingerprint density at radius 1 is 1.00 bits per heavy atom. The van der Waals surface area contributed by atoms with E-state index < -0.39 is 22.0 Å². The van der Waals surface area contributed by atoms with Crippen LogP contribution in [0, 0.1) is 0 Å². The lowest BCUT2D eigenvalue weighted by Crippen LogP contribution is -2.44. The maximum absolute atomic E-state index is 13.4. The highest BCUT2D eigenvalue weighted by atomic mass is 79.9. The molecule has 0 aromatic heterocycles. The number of rotatable bonds is 7. The first kappa shape index (κ1) is 22.1. The molecule has 0 aliphatic carbocycles. The molecule has 0 heterocycles. The normalized spacial score (nSPS) is 12.2. The molecular weight excluding hydrogens is 466 g/mol. The second-order valence-corrected chi connectivity index (χ2v) is 9.36. The van der Waals surface area contributed by atoms with E-state index in [0.29, 0.717) is 5.75 Å². The van der Waals surface area contributed by atoms with Crippen LogP contribution in [0.5, 0.6) is 5.75 Å². The van der Waals surface area contributed by atoms with Gasteiger partial charge in [-0.3, -0.25) is 4.79 Å². The molecule has 1 atom stereocenters. The molecule has 0 radical (unpaired) electrons. The van der Waals surface area contributed by atoms with E-state index in [9.17, 15) is 13.2 Å². The lowest BCUT2D eigenvalue weighted by Gasteiger charge is -2.26. The number of hydrogen-bond donors (Lipinski definition) is 0. The second-order valence-electron chi connectivity index (χ2n) is 6.66. The van der Waals surface area contributed by atoms with Crippen LogP contribution in [0.3, 0.4) is 0 Å². The summed E-state index contributed by atoms with van der Waals surface area (Å²) in [6.07, 6.45) is -0.217. The predicted molar refractivity (Wildman–Crippen MR) is 121 cm³/mol.